The molecular formula is C34H36N4O3. The summed E-state index contributed by atoms with van der Waals surface area (Å²) < 4.78 is 6.06. The third-order valence-corrected chi connectivity index (χ3v) is 7.56. The zero-order valence-electron chi connectivity index (χ0n) is 23.7. The van der Waals surface area contributed by atoms with E-state index < -0.39 is 5.54 Å². The third kappa shape index (κ3) is 6.35. The van der Waals surface area contributed by atoms with Gasteiger partial charge < -0.3 is 9.84 Å². The predicted molar refractivity (Wildman–Crippen MR) is 165 cm³/mol. The number of allylic oxidation sites excluding steroid dienone is 4. The minimum atomic E-state index is -0.551. The van der Waals surface area contributed by atoms with Gasteiger partial charge in [-0.15, -0.1) is 0 Å². The largest absolute Gasteiger partial charge is 0.507 e. The maximum Gasteiger partial charge on any atom is 0.163 e. The predicted octanol–water partition coefficient (Wildman–Crippen LogP) is 6.74. The van der Waals surface area contributed by atoms with Crippen molar-refractivity contribution in [2.24, 2.45) is 15.0 Å². The van der Waals surface area contributed by atoms with Crippen LogP contribution in [0.25, 0.3) is 0 Å². The zero-order valence-corrected chi connectivity index (χ0v) is 23.7. The van der Waals surface area contributed by atoms with Crippen molar-refractivity contribution in [3.63, 3.8) is 0 Å². The van der Waals surface area contributed by atoms with E-state index in [0.29, 0.717) is 29.9 Å². The van der Waals surface area contributed by atoms with E-state index in [4.69, 9.17) is 14.7 Å². The number of benzene rings is 1. The number of phenols is 1. The minimum absolute atomic E-state index is 0.0439. The number of aryl methyl sites for hydroxylation is 1. The first kappa shape index (κ1) is 28.1. The molecule has 1 aromatic carbocycles. The number of rotatable bonds is 13. The molecule has 7 heteroatoms. The lowest BCUT2D eigenvalue weighted by atomic mass is 9.84. The molecule has 0 aliphatic carbocycles. The SMILES string of the molecule is CCCc1c(OCCCCC2=NC(CCc3cccnc3)(C3=NC=CC3=C3C=CC=N3)C=C2)ccc(C(C)=O)c1O. The second-order valence-corrected chi connectivity index (χ2v) is 10.5. The number of aliphatic imine (C=N–C) groups is 3. The first-order valence-corrected chi connectivity index (χ1v) is 14.4. The quantitative estimate of drug-likeness (QED) is 0.222. The minimum Gasteiger partial charge on any atom is -0.507 e. The van der Waals surface area contributed by atoms with Gasteiger partial charge in [-0.3, -0.25) is 24.8 Å². The highest BCUT2D eigenvalue weighted by Crippen LogP contribution is 2.36. The van der Waals surface area contributed by atoms with E-state index in [-0.39, 0.29) is 11.5 Å². The molecular weight excluding hydrogens is 512 g/mol. The highest BCUT2D eigenvalue weighted by atomic mass is 16.5. The number of hydrogen-bond acceptors (Lipinski definition) is 7. The first-order chi connectivity index (χ1) is 20.0. The fourth-order valence-electron chi connectivity index (χ4n) is 5.44. The molecule has 41 heavy (non-hydrogen) atoms. The number of nitrogens with zero attached hydrogens (tertiary/aromatic N) is 4. The molecule has 0 saturated heterocycles. The van der Waals surface area contributed by atoms with Crippen LogP contribution in [0.2, 0.25) is 0 Å². The topological polar surface area (TPSA) is 96.5 Å². The fraction of sp³-hybridized carbons (Fsp3) is 0.324. The molecule has 1 N–H and O–H groups in total. The number of ketones is 1. The number of aromatic hydroxyl groups is 1. The van der Waals surface area contributed by atoms with E-state index >= 15 is 0 Å². The molecule has 0 bridgehead atoms. The molecule has 210 valence electrons. The third-order valence-electron chi connectivity index (χ3n) is 7.56. The van der Waals surface area contributed by atoms with Gasteiger partial charge in [0.05, 0.1) is 23.6 Å². The number of ether oxygens (including phenoxy) is 1. The Morgan fingerprint density at radius 1 is 1.07 bits per heavy atom. The van der Waals surface area contributed by atoms with Gasteiger partial charge in [0.25, 0.3) is 0 Å². The van der Waals surface area contributed by atoms with Gasteiger partial charge in [0.2, 0.25) is 0 Å². The van der Waals surface area contributed by atoms with E-state index in [1.165, 1.54) is 12.5 Å². The van der Waals surface area contributed by atoms with Gasteiger partial charge in [-0.1, -0.05) is 19.4 Å². The van der Waals surface area contributed by atoms with Crippen molar-refractivity contribution in [3.8, 4) is 11.5 Å². The maximum absolute atomic E-state index is 11.8. The van der Waals surface area contributed by atoms with Gasteiger partial charge in [-0.25, -0.2) is 0 Å². The number of hydrogen-bond donors (Lipinski definition) is 1. The molecule has 0 radical (unpaired) electrons. The summed E-state index contributed by atoms with van der Waals surface area (Å²) in [5.41, 5.74) is 5.59. The Kier molecular flexibility index (Phi) is 8.82. The van der Waals surface area contributed by atoms with E-state index in [1.54, 1.807) is 24.5 Å². The Bertz CT molecular complexity index is 1500. The van der Waals surface area contributed by atoms with Crippen LogP contribution in [0.3, 0.4) is 0 Å². The van der Waals surface area contributed by atoms with Crippen LogP contribution in [-0.2, 0) is 12.8 Å². The summed E-state index contributed by atoms with van der Waals surface area (Å²) in [4.78, 5) is 30.7. The zero-order chi connectivity index (χ0) is 28.7. The number of carbonyl (C=O) groups excluding carboxylic acids is 1. The normalized spacial score (nSPS) is 20.6. The highest BCUT2D eigenvalue weighted by Gasteiger charge is 2.39. The first-order valence-electron chi connectivity index (χ1n) is 14.4. The number of pyridine rings is 1. The number of aromatic nitrogens is 1. The molecule has 3 aliphatic heterocycles. The summed E-state index contributed by atoms with van der Waals surface area (Å²) in [6.07, 6.45) is 23.4. The van der Waals surface area contributed by atoms with Gasteiger partial charge in [-0.2, -0.15) is 0 Å². The Morgan fingerprint density at radius 3 is 2.73 bits per heavy atom. The lowest BCUT2D eigenvalue weighted by Gasteiger charge is -2.26. The molecule has 1 unspecified atom stereocenters. The fourth-order valence-corrected chi connectivity index (χ4v) is 5.44. The molecule has 2 aromatic rings. The van der Waals surface area contributed by atoms with Crippen LogP contribution in [0, 0.1) is 0 Å². The highest BCUT2D eigenvalue weighted by molar-refractivity contribution is 6.16. The summed E-state index contributed by atoms with van der Waals surface area (Å²) >= 11 is 0. The monoisotopic (exact) mass is 548 g/mol. The van der Waals surface area contributed by atoms with Crippen molar-refractivity contribution in [1.82, 2.24) is 4.98 Å². The number of unbranched alkanes of at least 4 members (excludes halogenated alkanes) is 1. The standard InChI is InChI=1S/C34H36N4O3/c1-3-8-29-31(13-12-27(24(2)39)32(29)40)41-22-5-4-10-26-15-18-34(38-26,17-14-25-9-6-19-35-23-25)33-28(16-21-37-33)30-11-7-20-36-30/h6-7,9,11-13,15-16,18-21,23,40H,3-5,8,10,14,17,22H2,1-2H3. The summed E-state index contributed by atoms with van der Waals surface area (Å²) in [6.45, 7) is 4.03. The molecule has 3 aliphatic rings. The smallest absolute Gasteiger partial charge is 0.163 e. The second kappa shape index (κ2) is 12.9. The van der Waals surface area contributed by atoms with Gasteiger partial charge in [0.15, 0.2) is 5.78 Å². The van der Waals surface area contributed by atoms with Crippen LogP contribution in [0.4, 0.5) is 0 Å². The van der Waals surface area contributed by atoms with Crippen molar-refractivity contribution in [3.05, 3.63) is 101 Å². The van der Waals surface area contributed by atoms with Gasteiger partial charge in [0, 0.05) is 41.7 Å². The van der Waals surface area contributed by atoms with Crippen LogP contribution >= 0.6 is 0 Å². The second-order valence-electron chi connectivity index (χ2n) is 10.5. The molecule has 0 amide bonds. The molecule has 1 aromatic heterocycles. The Balaban J connectivity index is 1.25. The van der Waals surface area contributed by atoms with Gasteiger partial charge in [0.1, 0.15) is 17.0 Å². The van der Waals surface area contributed by atoms with Crippen molar-refractivity contribution in [2.75, 3.05) is 6.61 Å². The van der Waals surface area contributed by atoms with Crippen LogP contribution in [0.5, 0.6) is 11.5 Å². The van der Waals surface area contributed by atoms with Crippen molar-refractivity contribution >= 4 is 23.4 Å². The summed E-state index contributed by atoms with van der Waals surface area (Å²) in [5, 5.41) is 10.6. The molecule has 0 spiro atoms. The van der Waals surface area contributed by atoms with Crippen molar-refractivity contribution < 1.29 is 14.6 Å². The van der Waals surface area contributed by atoms with Crippen LogP contribution in [0.15, 0.2) is 99.5 Å². The van der Waals surface area contributed by atoms with E-state index in [2.05, 4.69) is 28.2 Å². The van der Waals surface area contributed by atoms with Gasteiger partial charge >= 0.3 is 0 Å². The van der Waals surface area contributed by atoms with Crippen LogP contribution in [-0.4, -0.2) is 45.7 Å². The molecule has 0 saturated carbocycles. The summed E-state index contributed by atoms with van der Waals surface area (Å²) in [6, 6.07) is 7.51. The summed E-state index contributed by atoms with van der Waals surface area (Å²) in [7, 11) is 0. The van der Waals surface area contributed by atoms with Crippen LogP contribution < -0.4 is 4.74 Å². The molecule has 7 nitrogen and oxygen atoms in total. The number of Topliss-reactive ketones (excluding diaryl/α,β-unsaturated/α-hetero) is 1. The van der Waals surface area contributed by atoms with Gasteiger partial charge in [-0.05, 0) is 99.6 Å². The molecule has 5 rings (SSSR count). The van der Waals surface area contributed by atoms with Crippen molar-refractivity contribution in [2.45, 2.75) is 64.3 Å². The van der Waals surface area contributed by atoms with E-state index in [1.807, 2.05) is 43.6 Å². The average Bonchev–Trinajstić information content (AvgIpc) is 3.75. The maximum atomic E-state index is 11.8. The lowest BCUT2D eigenvalue weighted by molar-refractivity contribution is 0.101. The van der Waals surface area contributed by atoms with E-state index in [0.717, 1.165) is 61.2 Å². The molecule has 1 atom stereocenters. The number of carbonyl (C=O) groups is 1. The Labute approximate surface area is 241 Å². The van der Waals surface area contributed by atoms with E-state index in [9.17, 15) is 9.90 Å². The van der Waals surface area contributed by atoms with Crippen molar-refractivity contribution in [1.29, 1.82) is 0 Å². The molecule has 0 fully saturated rings. The Hall–Kier alpha value is -4.39. The lowest BCUT2D eigenvalue weighted by Crippen LogP contribution is -2.35. The average molecular weight is 549 g/mol. The molecule has 4 heterocycles. The van der Waals surface area contributed by atoms with Crippen LogP contribution in [0.1, 0.15) is 67.4 Å². The summed E-state index contributed by atoms with van der Waals surface area (Å²) in [5.74, 6) is 0.545. The Morgan fingerprint density at radius 2 is 1.98 bits per heavy atom. The number of phenolic OH excluding ortho intramolecular Hbond substituents is 1.